The molecule has 1 fully saturated rings. The molecule has 6 heteroatoms. The van der Waals surface area contributed by atoms with Crippen LogP contribution in [-0.4, -0.2) is 22.9 Å². The highest BCUT2D eigenvalue weighted by Gasteiger charge is 2.35. The van der Waals surface area contributed by atoms with Crippen molar-refractivity contribution in [2.45, 2.75) is 39.5 Å². The zero-order chi connectivity index (χ0) is 17.7. The number of hydrogen-bond donors (Lipinski definition) is 3. The molecule has 2 rings (SSSR count). The fourth-order valence-electron chi connectivity index (χ4n) is 2.94. The topological polar surface area (TPSA) is 95.5 Å². The third-order valence-corrected chi connectivity index (χ3v) is 4.34. The van der Waals surface area contributed by atoms with Gasteiger partial charge in [0, 0.05) is 17.3 Å². The van der Waals surface area contributed by atoms with Crippen LogP contribution in [0, 0.1) is 17.8 Å². The number of benzene rings is 1. The lowest BCUT2D eigenvalue weighted by molar-refractivity contribution is -0.147. The lowest BCUT2D eigenvalue weighted by Gasteiger charge is -2.27. The summed E-state index contributed by atoms with van der Waals surface area (Å²) >= 11 is 0. The Morgan fingerprint density at radius 3 is 2.21 bits per heavy atom. The third-order valence-electron chi connectivity index (χ3n) is 4.34. The van der Waals surface area contributed by atoms with E-state index in [-0.39, 0.29) is 17.7 Å². The molecule has 0 spiro atoms. The van der Waals surface area contributed by atoms with E-state index in [4.69, 9.17) is 0 Å². The maximum atomic E-state index is 12.5. The molecule has 3 N–H and O–H groups in total. The summed E-state index contributed by atoms with van der Waals surface area (Å²) < 4.78 is 0. The molecule has 2 amide bonds. The van der Waals surface area contributed by atoms with Crippen LogP contribution in [-0.2, 0) is 14.4 Å². The molecule has 1 saturated carbocycles. The van der Waals surface area contributed by atoms with Crippen molar-refractivity contribution in [3.63, 3.8) is 0 Å². The Labute approximate surface area is 141 Å². The van der Waals surface area contributed by atoms with Crippen molar-refractivity contribution in [2.75, 3.05) is 10.6 Å². The van der Waals surface area contributed by atoms with Crippen molar-refractivity contribution in [1.29, 1.82) is 0 Å². The van der Waals surface area contributed by atoms with Gasteiger partial charge in [0.25, 0.3) is 0 Å². The van der Waals surface area contributed by atoms with Gasteiger partial charge in [0.15, 0.2) is 0 Å². The highest BCUT2D eigenvalue weighted by Crippen LogP contribution is 2.31. The molecule has 0 saturated heterocycles. The van der Waals surface area contributed by atoms with Crippen molar-refractivity contribution in [3.8, 4) is 0 Å². The second kappa shape index (κ2) is 7.95. The van der Waals surface area contributed by atoms with Crippen molar-refractivity contribution in [2.24, 2.45) is 17.8 Å². The van der Waals surface area contributed by atoms with Gasteiger partial charge in [0.05, 0.1) is 11.8 Å². The minimum absolute atomic E-state index is 0.100. The Balaban J connectivity index is 2.05. The number of amides is 2. The number of carboxylic acid groups (broad SMARTS) is 1. The monoisotopic (exact) mass is 332 g/mol. The fourth-order valence-corrected chi connectivity index (χ4v) is 2.94. The zero-order valence-electron chi connectivity index (χ0n) is 14.0. The van der Waals surface area contributed by atoms with Gasteiger partial charge in [-0.1, -0.05) is 32.8 Å². The van der Waals surface area contributed by atoms with Gasteiger partial charge < -0.3 is 15.7 Å². The molecule has 0 radical (unpaired) electrons. The summed E-state index contributed by atoms with van der Waals surface area (Å²) in [5.41, 5.74) is 1.15. The molecule has 24 heavy (non-hydrogen) atoms. The maximum absolute atomic E-state index is 12.5. The molecule has 0 heterocycles. The molecule has 2 atom stereocenters. The molecule has 1 aliphatic rings. The number of aliphatic carboxylic acids is 1. The van der Waals surface area contributed by atoms with E-state index in [0.29, 0.717) is 24.2 Å². The average Bonchev–Trinajstić information content (AvgIpc) is 2.55. The number of hydrogen-bond acceptors (Lipinski definition) is 3. The number of carbonyl (C=O) groups is 3. The summed E-state index contributed by atoms with van der Waals surface area (Å²) in [6.45, 7) is 3.60. The van der Waals surface area contributed by atoms with E-state index in [2.05, 4.69) is 10.6 Å². The summed E-state index contributed by atoms with van der Waals surface area (Å²) in [4.78, 5) is 35.5. The summed E-state index contributed by atoms with van der Waals surface area (Å²) in [6.07, 6.45) is 2.84. The molecule has 0 aliphatic heterocycles. The summed E-state index contributed by atoms with van der Waals surface area (Å²) in [5.74, 6) is -2.55. The molecule has 1 aromatic rings. The van der Waals surface area contributed by atoms with Crippen LogP contribution in [0.5, 0.6) is 0 Å². The normalized spacial score (nSPS) is 20.5. The minimum atomic E-state index is -0.909. The molecule has 6 nitrogen and oxygen atoms in total. The van der Waals surface area contributed by atoms with Gasteiger partial charge in [-0.2, -0.15) is 0 Å². The predicted octanol–water partition coefficient (Wildman–Crippen LogP) is 3.11. The number of nitrogens with one attached hydrogen (secondary N) is 2. The van der Waals surface area contributed by atoms with Crippen LogP contribution in [0.1, 0.15) is 39.5 Å². The van der Waals surface area contributed by atoms with E-state index in [0.717, 1.165) is 12.8 Å². The molecule has 1 aromatic carbocycles. The lowest BCUT2D eigenvalue weighted by Crippen LogP contribution is -2.36. The highest BCUT2D eigenvalue weighted by molar-refractivity contribution is 5.97. The van der Waals surface area contributed by atoms with Gasteiger partial charge in [-0.15, -0.1) is 0 Å². The number of carbonyl (C=O) groups excluding carboxylic acids is 2. The van der Waals surface area contributed by atoms with Crippen LogP contribution in [0.2, 0.25) is 0 Å². The molecular formula is C18H24N2O4. The molecule has 0 bridgehead atoms. The van der Waals surface area contributed by atoms with Gasteiger partial charge in [-0.25, -0.2) is 0 Å². The van der Waals surface area contributed by atoms with Gasteiger partial charge in [0.2, 0.25) is 11.8 Å². The van der Waals surface area contributed by atoms with Gasteiger partial charge >= 0.3 is 5.97 Å². The first-order valence-electron chi connectivity index (χ1n) is 8.33. The molecule has 1 aliphatic carbocycles. The van der Waals surface area contributed by atoms with Crippen LogP contribution in [0.15, 0.2) is 24.3 Å². The number of rotatable bonds is 5. The van der Waals surface area contributed by atoms with Crippen molar-refractivity contribution < 1.29 is 19.5 Å². The van der Waals surface area contributed by atoms with E-state index in [1.165, 1.54) is 0 Å². The Bertz CT molecular complexity index is 627. The van der Waals surface area contributed by atoms with E-state index < -0.39 is 17.8 Å². The Morgan fingerprint density at radius 1 is 1.04 bits per heavy atom. The molecule has 130 valence electrons. The number of anilines is 2. The van der Waals surface area contributed by atoms with Gasteiger partial charge in [0.1, 0.15) is 0 Å². The Kier molecular flexibility index (Phi) is 5.95. The van der Waals surface area contributed by atoms with Crippen molar-refractivity contribution >= 4 is 29.2 Å². The van der Waals surface area contributed by atoms with Crippen LogP contribution < -0.4 is 10.6 Å². The van der Waals surface area contributed by atoms with E-state index in [1.807, 2.05) is 0 Å². The Morgan fingerprint density at radius 2 is 1.62 bits per heavy atom. The SMILES string of the molecule is CC(C)C(=O)Nc1cccc(NC(=O)[C@H]2CCCC[C@@H]2C(=O)O)c1. The third kappa shape index (κ3) is 4.57. The average molecular weight is 332 g/mol. The molecule has 0 unspecified atom stereocenters. The maximum Gasteiger partial charge on any atom is 0.307 e. The van der Waals surface area contributed by atoms with Crippen LogP contribution in [0.3, 0.4) is 0 Å². The van der Waals surface area contributed by atoms with E-state index in [9.17, 15) is 19.5 Å². The molecular weight excluding hydrogens is 308 g/mol. The van der Waals surface area contributed by atoms with Crippen LogP contribution >= 0.6 is 0 Å². The minimum Gasteiger partial charge on any atom is -0.481 e. The smallest absolute Gasteiger partial charge is 0.307 e. The zero-order valence-corrected chi connectivity index (χ0v) is 14.0. The van der Waals surface area contributed by atoms with Crippen molar-refractivity contribution in [1.82, 2.24) is 0 Å². The van der Waals surface area contributed by atoms with Crippen LogP contribution in [0.4, 0.5) is 11.4 Å². The first-order valence-corrected chi connectivity index (χ1v) is 8.33. The summed E-state index contributed by atoms with van der Waals surface area (Å²) in [7, 11) is 0. The number of carboxylic acids is 1. The first kappa shape index (κ1) is 18.0. The predicted molar refractivity (Wildman–Crippen MR) is 91.6 cm³/mol. The first-order chi connectivity index (χ1) is 11.4. The Hall–Kier alpha value is -2.37. The summed E-state index contributed by atoms with van der Waals surface area (Å²) in [5, 5.41) is 14.9. The van der Waals surface area contributed by atoms with E-state index in [1.54, 1.807) is 38.1 Å². The van der Waals surface area contributed by atoms with Gasteiger partial charge in [-0.3, -0.25) is 14.4 Å². The second-order valence-corrected chi connectivity index (χ2v) is 6.55. The fraction of sp³-hybridized carbons (Fsp3) is 0.500. The lowest BCUT2D eigenvalue weighted by atomic mass is 9.78. The largest absolute Gasteiger partial charge is 0.481 e. The summed E-state index contributed by atoms with van der Waals surface area (Å²) in [6, 6.07) is 6.88. The van der Waals surface area contributed by atoms with E-state index >= 15 is 0 Å². The van der Waals surface area contributed by atoms with Crippen molar-refractivity contribution in [3.05, 3.63) is 24.3 Å². The van der Waals surface area contributed by atoms with Gasteiger partial charge in [-0.05, 0) is 31.0 Å². The van der Waals surface area contributed by atoms with Crippen LogP contribution in [0.25, 0.3) is 0 Å². The quantitative estimate of drug-likeness (QED) is 0.772. The molecule has 0 aromatic heterocycles. The standard InChI is InChI=1S/C18H24N2O4/c1-11(2)16(21)19-12-6-5-7-13(10-12)20-17(22)14-8-3-4-9-15(14)18(23)24/h5-7,10-11,14-15H,3-4,8-9H2,1-2H3,(H,19,21)(H,20,22)(H,23,24)/t14-,15-/m0/s1. The second-order valence-electron chi connectivity index (χ2n) is 6.55. The highest BCUT2D eigenvalue weighted by atomic mass is 16.4.